The fourth-order valence-corrected chi connectivity index (χ4v) is 1.86. The minimum atomic E-state index is -0.254. The number of aryl methyl sites for hydroxylation is 2. The predicted octanol–water partition coefficient (Wildman–Crippen LogP) is 3.57. The summed E-state index contributed by atoms with van der Waals surface area (Å²) in [4.78, 5) is 4.37. The molecule has 1 N–H and O–H groups in total. The lowest BCUT2D eigenvalue weighted by atomic mass is 10.2. The van der Waals surface area contributed by atoms with E-state index in [1.165, 1.54) is 12.1 Å². The second kappa shape index (κ2) is 5.04. The Morgan fingerprint density at radius 1 is 1.39 bits per heavy atom. The SMILES string of the molecule is C=CCn1cc(C)nc1Nc1cc(C)cc(F)c1. The molecule has 0 aliphatic heterocycles. The molecular weight excluding hydrogens is 229 g/mol. The number of aromatic nitrogens is 2. The van der Waals surface area contributed by atoms with Crippen molar-refractivity contribution >= 4 is 11.6 Å². The third-order valence-corrected chi connectivity index (χ3v) is 2.52. The maximum absolute atomic E-state index is 13.3. The van der Waals surface area contributed by atoms with E-state index < -0.39 is 0 Å². The van der Waals surface area contributed by atoms with Crippen molar-refractivity contribution in [2.24, 2.45) is 0 Å². The highest BCUT2D eigenvalue weighted by Gasteiger charge is 2.06. The number of anilines is 2. The van der Waals surface area contributed by atoms with Crippen LogP contribution in [0.15, 0.2) is 37.1 Å². The number of halogens is 1. The normalized spacial score (nSPS) is 10.4. The average Bonchev–Trinajstić information content (AvgIpc) is 2.58. The molecule has 1 heterocycles. The molecule has 0 aliphatic carbocycles. The maximum Gasteiger partial charge on any atom is 0.207 e. The van der Waals surface area contributed by atoms with Crippen LogP contribution in [0.4, 0.5) is 16.0 Å². The number of nitrogens with zero attached hydrogens (tertiary/aromatic N) is 2. The Hall–Kier alpha value is -2.10. The van der Waals surface area contributed by atoms with Crippen LogP contribution in [-0.2, 0) is 6.54 Å². The number of hydrogen-bond donors (Lipinski definition) is 1. The monoisotopic (exact) mass is 245 g/mol. The molecule has 2 aromatic rings. The highest BCUT2D eigenvalue weighted by molar-refractivity contribution is 5.55. The van der Waals surface area contributed by atoms with Gasteiger partial charge in [0.1, 0.15) is 5.82 Å². The first-order valence-corrected chi connectivity index (χ1v) is 5.77. The second-order valence-corrected chi connectivity index (χ2v) is 4.29. The number of benzene rings is 1. The first kappa shape index (κ1) is 12.4. The molecular formula is C14H16FN3. The zero-order valence-electron chi connectivity index (χ0n) is 10.6. The molecule has 1 aromatic carbocycles. The van der Waals surface area contributed by atoms with Crippen LogP contribution in [0.3, 0.4) is 0 Å². The Balaban J connectivity index is 2.30. The van der Waals surface area contributed by atoms with Crippen molar-refractivity contribution in [2.45, 2.75) is 20.4 Å². The number of rotatable bonds is 4. The fourth-order valence-electron chi connectivity index (χ4n) is 1.86. The van der Waals surface area contributed by atoms with E-state index in [9.17, 15) is 4.39 Å². The molecule has 0 spiro atoms. The second-order valence-electron chi connectivity index (χ2n) is 4.29. The lowest BCUT2D eigenvalue weighted by Crippen LogP contribution is -2.02. The van der Waals surface area contributed by atoms with Gasteiger partial charge in [0.05, 0.1) is 5.69 Å². The molecule has 3 nitrogen and oxygen atoms in total. The Labute approximate surface area is 106 Å². The summed E-state index contributed by atoms with van der Waals surface area (Å²) in [6.07, 6.45) is 3.72. The van der Waals surface area contributed by atoms with E-state index in [2.05, 4.69) is 16.9 Å². The quantitative estimate of drug-likeness (QED) is 0.834. The molecule has 0 amide bonds. The zero-order valence-corrected chi connectivity index (χ0v) is 10.6. The van der Waals surface area contributed by atoms with Crippen LogP contribution in [0.2, 0.25) is 0 Å². The summed E-state index contributed by atoms with van der Waals surface area (Å²) in [6.45, 7) is 8.14. The molecule has 1 aromatic heterocycles. The molecule has 0 saturated carbocycles. The summed E-state index contributed by atoms with van der Waals surface area (Å²) in [5, 5.41) is 3.12. The van der Waals surface area contributed by atoms with Crippen molar-refractivity contribution in [3.8, 4) is 0 Å². The van der Waals surface area contributed by atoms with Gasteiger partial charge in [-0.1, -0.05) is 6.08 Å². The fraction of sp³-hybridized carbons (Fsp3) is 0.214. The molecule has 0 radical (unpaired) electrons. The third-order valence-electron chi connectivity index (χ3n) is 2.52. The van der Waals surface area contributed by atoms with Gasteiger partial charge in [0.2, 0.25) is 5.95 Å². The number of allylic oxidation sites excluding steroid dienone is 1. The van der Waals surface area contributed by atoms with Gasteiger partial charge < -0.3 is 9.88 Å². The molecule has 0 fully saturated rings. The minimum Gasteiger partial charge on any atom is -0.325 e. The van der Waals surface area contributed by atoms with E-state index >= 15 is 0 Å². The van der Waals surface area contributed by atoms with Gasteiger partial charge in [-0.3, -0.25) is 0 Å². The number of nitrogens with one attached hydrogen (secondary N) is 1. The first-order valence-electron chi connectivity index (χ1n) is 5.77. The predicted molar refractivity (Wildman–Crippen MR) is 71.6 cm³/mol. The summed E-state index contributed by atoms with van der Waals surface area (Å²) < 4.78 is 15.2. The summed E-state index contributed by atoms with van der Waals surface area (Å²) in [6, 6.07) is 4.83. The summed E-state index contributed by atoms with van der Waals surface area (Å²) in [5.74, 6) is 0.438. The molecule has 18 heavy (non-hydrogen) atoms. The van der Waals surface area contributed by atoms with Crippen molar-refractivity contribution in [3.05, 3.63) is 54.1 Å². The van der Waals surface area contributed by atoms with Gasteiger partial charge in [-0.05, 0) is 37.6 Å². The maximum atomic E-state index is 13.3. The number of imidazole rings is 1. The topological polar surface area (TPSA) is 29.9 Å². The Morgan fingerprint density at radius 2 is 2.17 bits per heavy atom. The Bertz CT molecular complexity index is 552. The Morgan fingerprint density at radius 3 is 2.83 bits per heavy atom. The summed E-state index contributed by atoms with van der Waals surface area (Å²) in [7, 11) is 0. The smallest absolute Gasteiger partial charge is 0.207 e. The zero-order chi connectivity index (χ0) is 13.1. The molecule has 0 aliphatic rings. The third kappa shape index (κ3) is 2.77. The van der Waals surface area contributed by atoms with Gasteiger partial charge in [0.15, 0.2) is 0 Å². The minimum absolute atomic E-state index is 0.254. The van der Waals surface area contributed by atoms with Crippen LogP contribution in [0.25, 0.3) is 0 Å². The van der Waals surface area contributed by atoms with Gasteiger partial charge in [0.25, 0.3) is 0 Å². The molecule has 0 unspecified atom stereocenters. The van der Waals surface area contributed by atoms with E-state index in [1.54, 1.807) is 6.08 Å². The highest BCUT2D eigenvalue weighted by atomic mass is 19.1. The molecule has 0 atom stereocenters. The van der Waals surface area contributed by atoms with Gasteiger partial charge >= 0.3 is 0 Å². The van der Waals surface area contributed by atoms with E-state index in [-0.39, 0.29) is 5.82 Å². The molecule has 4 heteroatoms. The van der Waals surface area contributed by atoms with Crippen molar-refractivity contribution in [1.82, 2.24) is 9.55 Å². The van der Waals surface area contributed by atoms with Gasteiger partial charge in [0, 0.05) is 18.4 Å². The van der Waals surface area contributed by atoms with E-state index in [0.29, 0.717) is 18.2 Å². The highest BCUT2D eigenvalue weighted by Crippen LogP contribution is 2.19. The standard InChI is InChI=1S/C14H16FN3/c1-4-5-18-9-11(3)16-14(18)17-13-7-10(2)6-12(15)8-13/h4,6-9H,1,5H2,2-3H3,(H,16,17). The summed E-state index contributed by atoms with van der Waals surface area (Å²) >= 11 is 0. The molecule has 2 rings (SSSR count). The van der Waals surface area contributed by atoms with Crippen molar-refractivity contribution < 1.29 is 4.39 Å². The number of hydrogen-bond acceptors (Lipinski definition) is 2. The van der Waals surface area contributed by atoms with Crippen molar-refractivity contribution in [2.75, 3.05) is 5.32 Å². The van der Waals surface area contributed by atoms with Gasteiger partial charge in [-0.25, -0.2) is 9.37 Å². The van der Waals surface area contributed by atoms with Crippen LogP contribution < -0.4 is 5.32 Å². The molecule has 94 valence electrons. The lowest BCUT2D eigenvalue weighted by molar-refractivity contribution is 0.627. The molecule has 0 bridgehead atoms. The summed E-state index contributed by atoms with van der Waals surface area (Å²) in [5.41, 5.74) is 2.48. The lowest BCUT2D eigenvalue weighted by Gasteiger charge is -2.08. The van der Waals surface area contributed by atoms with Crippen LogP contribution in [0.1, 0.15) is 11.3 Å². The first-order chi connectivity index (χ1) is 8.58. The van der Waals surface area contributed by atoms with Crippen LogP contribution in [0.5, 0.6) is 0 Å². The largest absolute Gasteiger partial charge is 0.325 e. The van der Waals surface area contributed by atoms with Crippen LogP contribution in [-0.4, -0.2) is 9.55 Å². The van der Waals surface area contributed by atoms with E-state index in [0.717, 1.165) is 11.3 Å². The average molecular weight is 245 g/mol. The van der Waals surface area contributed by atoms with E-state index in [4.69, 9.17) is 0 Å². The molecule has 0 saturated heterocycles. The van der Waals surface area contributed by atoms with Gasteiger partial charge in [-0.15, -0.1) is 6.58 Å². The van der Waals surface area contributed by atoms with E-state index in [1.807, 2.05) is 30.7 Å². The van der Waals surface area contributed by atoms with Crippen LogP contribution >= 0.6 is 0 Å². The Kier molecular flexibility index (Phi) is 3.46. The van der Waals surface area contributed by atoms with Crippen molar-refractivity contribution in [1.29, 1.82) is 0 Å². The van der Waals surface area contributed by atoms with Gasteiger partial charge in [-0.2, -0.15) is 0 Å². The van der Waals surface area contributed by atoms with Crippen molar-refractivity contribution in [3.63, 3.8) is 0 Å². The van der Waals surface area contributed by atoms with Crippen LogP contribution in [0, 0.1) is 19.7 Å².